The molecule has 8 heteroatoms. The van der Waals surface area contributed by atoms with Gasteiger partial charge in [0.05, 0.1) is 11.8 Å². The molecule has 0 aliphatic carbocycles. The Morgan fingerprint density at radius 3 is 2.41 bits per heavy atom. The summed E-state index contributed by atoms with van der Waals surface area (Å²) in [7, 11) is 0. The van der Waals surface area contributed by atoms with Gasteiger partial charge < -0.3 is 11.5 Å². The number of rotatable bonds is 2. The van der Waals surface area contributed by atoms with Crippen LogP contribution in [-0.4, -0.2) is 12.2 Å². The Kier molecular flexibility index (Phi) is 3.66. The molecule has 0 radical (unpaired) electrons. The third-order valence-corrected chi connectivity index (χ3v) is 1.69. The lowest BCUT2D eigenvalue weighted by Gasteiger charge is -2.07. The number of halogens is 4. The van der Waals surface area contributed by atoms with Gasteiger partial charge in [-0.1, -0.05) is 0 Å². The SMILES string of the molecule is NC(N)=NN=Cc1cc(C(F)(F)F)ccc1F. The van der Waals surface area contributed by atoms with Crippen LogP contribution < -0.4 is 11.5 Å². The predicted molar refractivity (Wildman–Crippen MR) is 54.8 cm³/mol. The van der Waals surface area contributed by atoms with Crippen LogP contribution in [0, 0.1) is 5.82 Å². The molecular formula is C9H8F4N4. The van der Waals surface area contributed by atoms with Crippen LogP contribution in [0.15, 0.2) is 28.4 Å². The Balaban J connectivity index is 3.08. The fourth-order valence-electron chi connectivity index (χ4n) is 0.977. The van der Waals surface area contributed by atoms with Crippen molar-refractivity contribution in [1.29, 1.82) is 0 Å². The van der Waals surface area contributed by atoms with Gasteiger partial charge in [0.15, 0.2) is 0 Å². The number of nitrogens with two attached hydrogens (primary N) is 2. The highest BCUT2D eigenvalue weighted by Gasteiger charge is 2.30. The van der Waals surface area contributed by atoms with E-state index in [1.54, 1.807) is 0 Å². The van der Waals surface area contributed by atoms with Crippen LogP contribution in [0.1, 0.15) is 11.1 Å². The monoisotopic (exact) mass is 248 g/mol. The standard InChI is InChI=1S/C9H8F4N4/c10-7-2-1-6(9(11,12)13)3-5(7)4-16-17-8(14)15/h1-4H,(H4,14,15,17). The van der Waals surface area contributed by atoms with Gasteiger partial charge in [-0.05, 0) is 18.2 Å². The highest BCUT2D eigenvalue weighted by atomic mass is 19.4. The fraction of sp³-hybridized carbons (Fsp3) is 0.111. The van der Waals surface area contributed by atoms with Gasteiger partial charge >= 0.3 is 6.18 Å². The van der Waals surface area contributed by atoms with Gasteiger partial charge in [-0.25, -0.2) is 4.39 Å². The molecule has 0 amide bonds. The van der Waals surface area contributed by atoms with Crippen LogP contribution in [0.25, 0.3) is 0 Å². The molecule has 4 nitrogen and oxygen atoms in total. The van der Waals surface area contributed by atoms with E-state index in [9.17, 15) is 17.6 Å². The molecule has 0 unspecified atom stereocenters. The number of hydrogen-bond acceptors (Lipinski definition) is 2. The summed E-state index contributed by atoms with van der Waals surface area (Å²) in [6, 6.07) is 1.94. The molecule has 1 aromatic rings. The summed E-state index contributed by atoms with van der Waals surface area (Å²) >= 11 is 0. The molecule has 0 saturated heterocycles. The van der Waals surface area contributed by atoms with E-state index >= 15 is 0 Å². The molecule has 17 heavy (non-hydrogen) atoms. The Hall–Kier alpha value is -2.12. The third-order valence-electron chi connectivity index (χ3n) is 1.69. The van der Waals surface area contributed by atoms with E-state index in [4.69, 9.17) is 11.5 Å². The number of hydrogen-bond donors (Lipinski definition) is 2. The smallest absolute Gasteiger partial charge is 0.369 e. The van der Waals surface area contributed by atoms with Crippen LogP contribution in [0.5, 0.6) is 0 Å². The first kappa shape index (κ1) is 12.9. The second-order valence-corrected chi connectivity index (χ2v) is 3.00. The molecule has 4 N–H and O–H groups in total. The minimum Gasteiger partial charge on any atom is -0.369 e. The molecule has 0 heterocycles. The average Bonchev–Trinajstić information content (AvgIpc) is 2.18. The van der Waals surface area contributed by atoms with Crippen molar-refractivity contribution < 1.29 is 17.6 Å². The van der Waals surface area contributed by atoms with E-state index in [1.165, 1.54) is 0 Å². The van der Waals surface area contributed by atoms with Crippen molar-refractivity contribution in [1.82, 2.24) is 0 Å². The first-order valence-electron chi connectivity index (χ1n) is 4.29. The van der Waals surface area contributed by atoms with Gasteiger partial charge in [-0.2, -0.15) is 18.3 Å². The first-order valence-corrected chi connectivity index (χ1v) is 4.29. The first-order chi connectivity index (χ1) is 7.80. The van der Waals surface area contributed by atoms with Gasteiger partial charge in [-0.3, -0.25) is 0 Å². The van der Waals surface area contributed by atoms with Crippen molar-refractivity contribution in [3.63, 3.8) is 0 Å². The van der Waals surface area contributed by atoms with Crippen LogP contribution >= 0.6 is 0 Å². The van der Waals surface area contributed by atoms with E-state index in [2.05, 4.69) is 10.2 Å². The maximum atomic E-state index is 13.1. The summed E-state index contributed by atoms with van der Waals surface area (Å²) in [6.07, 6.45) is -3.75. The molecule has 0 bridgehead atoms. The zero-order valence-corrected chi connectivity index (χ0v) is 8.37. The minimum atomic E-state index is -4.55. The van der Waals surface area contributed by atoms with Crippen LogP contribution in [0.2, 0.25) is 0 Å². The summed E-state index contributed by atoms with van der Waals surface area (Å²) in [5, 5.41) is 6.38. The Morgan fingerprint density at radius 1 is 1.24 bits per heavy atom. The second-order valence-electron chi connectivity index (χ2n) is 3.00. The molecule has 0 aliphatic heterocycles. The van der Waals surface area contributed by atoms with E-state index < -0.39 is 17.6 Å². The van der Waals surface area contributed by atoms with Crippen molar-refractivity contribution in [3.8, 4) is 0 Å². The normalized spacial score (nSPS) is 11.8. The molecule has 0 spiro atoms. The second kappa shape index (κ2) is 4.81. The fourth-order valence-corrected chi connectivity index (χ4v) is 0.977. The molecule has 0 saturated carbocycles. The summed E-state index contributed by atoms with van der Waals surface area (Å²) in [5.41, 5.74) is 8.53. The van der Waals surface area contributed by atoms with Crippen molar-refractivity contribution in [3.05, 3.63) is 35.1 Å². The Labute approximate surface area is 93.6 Å². The average molecular weight is 248 g/mol. The van der Waals surface area contributed by atoms with Gasteiger partial charge in [0, 0.05) is 5.56 Å². The topological polar surface area (TPSA) is 76.8 Å². The maximum Gasteiger partial charge on any atom is 0.416 e. The van der Waals surface area contributed by atoms with Crippen LogP contribution in [0.3, 0.4) is 0 Å². The predicted octanol–water partition coefficient (Wildman–Crippen LogP) is 1.45. The number of guanidine groups is 1. The molecule has 0 aliphatic rings. The highest BCUT2D eigenvalue weighted by Crippen LogP contribution is 2.29. The lowest BCUT2D eigenvalue weighted by molar-refractivity contribution is -0.137. The summed E-state index contributed by atoms with van der Waals surface area (Å²) in [4.78, 5) is 0. The third kappa shape index (κ3) is 3.74. The summed E-state index contributed by atoms with van der Waals surface area (Å²) in [6.45, 7) is 0. The van der Waals surface area contributed by atoms with E-state index in [1.807, 2.05) is 0 Å². The van der Waals surface area contributed by atoms with Crippen LogP contribution in [-0.2, 0) is 6.18 Å². The summed E-state index contributed by atoms with van der Waals surface area (Å²) in [5.74, 6) is -1.24. The molecule has 1 rings (SSSR count). The van der Waals surface area contributed by atoms with E-state index in [0.717, 1.165) is 6.21 Å². The number of nitrogens with zero attached hydrogens (tertiary/aromatic N) is 2. The van der Waals surface area contributed by atoms with Gasteiger partial charge in [0.2, 0.25) is 5.96 Å². The van der Waals surface area contributed by atoms with Crippen molar-refractivity contribution in [2.24, 2.45) is 21.7 Å². The zero-order valence-electron chi connectivity index (χ0n) is 8.37. The molecule has 92 valence electrons. The number of alkyl halides is 3. The Bertz CT molecular complexity index is 461. The van der Waals surface area contributed by atoms with Crippen molar-refractivity contribution in [2.75, 3.05) is 0 Å². The lowest BCUT2D eigenvalue weighted by Crippen LogP contribution is -2.21. The maximum absolute atomic E-state index is 13.1. The lowest BCUT2D eigenvalue weighted by atomic mass is 10.1. The molecule has 0 fully saturated rings. The van der Waals surface area contributed by atoms with E-state index in [-0.39, 0.29) is 11.5 Å². The van der Waals surface area contributed by atoms with Crippen LogP contribution in [0.4, 0.5) is 17.6 Å². The van der Waals surface area contributed by atoms with E-state index in [0.29, 0.717) is 18.2 Å². The van der Waals surface area contributed by atoms with Gasteiger partial charge in [0.25, 0.3) is 0 Å². The van der Waals surface area contributed by atoms with Crippen molar-refractivity contribution in [2.45, 2.75) is 6.18 Å². The van der Waals surface area contributed by atoms with Gasteiger partial charge in [0.1, 0.15) is 5.82 Å². The number of benzene rings is 1. The quantitative estimate of drug-likeness (QED) is 0.359. The Morgan fingerprint density at radius 2 is 1.88 bits per heavy atom. The molecule has 1 aromatic carbocycles. The highest BCUT2D eigenvalue weighted by molar-refractivity contribution is 5.82. The molecular weight excluding hydrogens is 240 g/mol. The molecule has 0 aromatic heterocycles. The van der Waals surface area contributed by atoms with Crippen molar-refractivity contribution >= 4 is 12.2 Å². The summed E-state index contributed by atoms with van der Waals surface area (Å²) < 4.78 is 50.1. The minimum absolute atomic E-state index is 0.357. The largest absolute Gasteiger partial charge is 0.416 e. The van der Waals surface area contributed by atoms with Gasteiger partial charge in [-0.15, -0.1) is 5.10 Å². The zero-order chi connectivity index (χ0) is 13.1. The molecule has 0 atom stereocenters.